The van der Waals surface area contributed by atoms with Crippen LogP contribution in [0.2, 0.25) is 0 Å². The van der Waals surface area contributed by atoms with Gasteiger partial charge in [-0.25, -0.2) is 4.79 Å². The Morgan fingerprint density at radius 2 is 1.38 bits per heavy atom. The summed E-state index contributed by atoms with van der Waals surface area (Å²) < 4.78 is 16.4. The van der Waals surface area contributed by atoms with Gasteiger partial charge in [-0.15, -0.1) is 0 Å². The molecule has 0 aromatic heterocycles. The minimum Gasteiger partial charge on any atom is -0.428 e. The van der Waals surface area contributed by atoms with E-state index in [1.807, 2.05) is 58.0 Å². The van der Waals surface area contributed by atoms with Gasteiger partial charge in [-0.2, -0.15) is 0 Å². The molecular formula is C29H40O5. The zero-order chi connectivity index (χ0) is 25.9. The van der Waals surface area contributed by atoms with Crippen LogP contribution in [0.1, 0.15) is 91.0 Å². The van der Waals surface area contributed by atoms with Crippen LogP contribution in [0.25, 0.3) is 0 Å². The molecule has 0 heterocycles. The first kappa shape index (κ1) is 27.4. The summed E-state index contributed by atoms with van der Waals surface area (Å²) in [5, 5.41) is 0. The molecule has 186 valence electrons. The second-order valence-corrected chi connectivity index (χ2v) is 11.8. The normalized spacial score (nSPS) is 12.3. The molecule has 0 fully saturated rings. The van der Waals surface area contributed by atoms with Crippen molar-refractivity contribution < 1.29 is 23.8 Å². The van der Waals surface area contributed by atoms with Crippen molar-refractivity contribution in [3.63, 3.8) is 0 Å². The third kappa shape index (κ3) is 8.19. The second-order valence-electron chi connectivity index (χ2n) is 11.8. The highest BCUT2D eigenvalue weighted by Gasteiger charge is 2.24. The van der Waals surface area contributed by atoms with E-state index in [1.165, 1.54) is 5.56 Å². The summed E-state index contributed by atoms with van der Waals surface area (Å²) in [6.45, 7) is 20.0. The first-order chi connectivity index (χ1) is 15.5. The summed E-state index contributed by atoms with van der Waals surface area (Å²) in [6, 6.07) is 11.4. The summed E-state index contributed by atoms with van der Waals surface area (Å²) in [6.07, 6.45) is 0.0333. The van der Waals surface area contributed by atoms with Crippen molar-refractivity contribution in [1.82, 2.24) is 0 Å². The van der Waals surface area contributed by atoms with Crippen LogP contribution in [-0.2, 0) is 26.8 Å². The summed E-state index contributed by atoms with van der Waals surface area (Å²) in [4.78, 5) is 24.7. The lowest BCUT2D eigenvalue weighted by Crippen LogP contribution is -2.27. The van der Waals surface area contributed by atoms with Gasteiger partial charge in [0, 0.05) is 12.0 Å². The number of benzene rings is 2. The highest BCUT2D eigenvalue weighted by atomic mass is 16.7. The van der Waals surface area contributed by atoms with Gasteiger partial charge in [-0.3, -0.25) is 4.79 Å². The first-order valence-electron chi connectivity index (χ1n) is 11.8. The predicted molar refractivity (Wildman–Crippen MR) is 136 cm³/mol. The number of hydrogen-bond acceptors (Lipinski definition) is 5. The van der Waals surface area contributed by atoms with E-state index >= 15 is 0 Å². The molecule has 0 saturated heterocycles. The lowest BCUT2D eigenvalue weighted by atomic mass is 9.84. The maximum atomic E-state index is 12.5. The molecule has 5 nitrogen and oxygen atoms in total. The molecule has 2 rings (SSSR count). The van der Waals surface area contributed by atoms with Crippen LogP contribution in [-0.4, -0.2) is 17.7 Å². The molecule has 0 aliphatic heterocycles. The lowest BCUT2D eigenvalue weighted by molar-refractivity contribution is -0.134. The van der Waals surface area contributed by atoms with Crippen molar-refractivity contribution in [2.24, 2.45) is 0 Å². The Hall–Kier alpha value is -2.82. The minimum atomic E-state index is -0.734. The Balaban J connectivity index is 2.09. The average Bonchev–Trinajstić information content (AvgIpc) is 2.63. The van der Waals surface area contributed by atoms with Gasteiger partial charge in [0.25, 0.3) is 0 Å². The summed E-state index contributed by atoms with van der Waals surface area (Å²) >= 11 is 0. The quantitative estimate of drug-likeness (QED) is 0.259. The monoisotopic (exact) mass is 468 g/mol. The van der Waals surface area contributed by atoms with Crippen LogP contribution in [0.15, 0.2) is 36.4 Å². The largest absolute Gasteiger partial charge is 0.514 e. The third-order valence-electron chi connectivity index (χ3n) is 5.29. The molecule has 0 N–H and O–H groups in total. The molecule has 0 saturated carbocycles. The molecule has 2 aromatic rings. The summed E-state index contributed by atoms with van der Waals surface area (Å²) in [5.41, 5.74) is 3.32. The molecule has 0 aliphatic carbocycles. The molecule has 5 heteroatoms. The maximum Gasteiger partial charge on any atom is 0.514 e. The second kappa shape index (κ2) is 10.2. The van der Waals surface area contributed by atoms with Crippen molar-refractivity contribution in [3.8, 4) is 11.5 Å². The SMILES string of the molecule is Cc1cc(OC(=O)CCc2ccc(OC(=O)OC(C)(C)C)c(C(C)(C)C)c2)ccc1C(C)(C)C. The van der Waals surface area contributed by atoms with E-state index in [9.17, 15) is 9.59 Å². The fraction of sp³-hybridized carbons (Fsp3) is 0.517. The summed E-state index contributed by atoms with van der Waals surface area (Å²) in [5.74, 6) is 0.740. The van der Waals surface area contributed by atoms with E-state index in [2.05, 4.69) is 20.8 Å². The molecule has 0 spiro atoms. The van der Waals surface area contributed by atoms with Crippen LogP contribution < -0.4 is 9.47 Å². The lowest BCUT2D eigenvalue weighted by Gasteiger charge is -2.24. The molecule has 0 aliphatic rings. The van der Waals surface area contributed by atoms with Crippen molar-refractivity contribution in [2.45, 2.75) is 98.5 Å². The number of ether oxygens (including phenoxy) is 3. The smallest absolute Gasteiger partial charge is 0.428 e. The Labute approximate surface area is 204 Å². The highest BCUT2D eigenvalue weighted by molar-refractivity contribution is 5.73. The zero-order valence-electron chi connectivity index (χ0n) is 22.4. The van der Waals surface area contributed by atoms with Gasteiger partial charge in [0.05, 0.1) is 0 Å². The fourth-order valence-electron chi connectivity index (χ4n) is 3.74. The van der Waals surface area contributed by atoms with E-state index in [1.54, 1.807) is 26.8 Å². The molecule has 0 bridgehead atoms. The first-order valence-corrected chi connectivity index (χ1v) is 11.8. The van der Waals surface area contributed by atoms with Gasteiger partial charge in [0.15, 0.2) is 0 Å². The van der Waals surface area contributed by atoms with Gasteiger partial charge in [0.2, 0.25) is 0 Å². The van der Waals surface area contributed by atoms with E-state index in [-0.39, 0.29) is 23.2 Å². The maximum absolute atomic E-state index is 12.5. The number of esters is 1. The molecule has 0 atom stereocenters. The molecule has 0 radical (unpaired) electrons. The molecule has 0 unspecified atom stereocenters. The number of carbonyl (C=O) groups is 2. The Kier molecular flexibility index (Phi) is 8.23. The van der Waals surface area contributed by atoms with Gasteiger partial charge >= 0.3 is 12.1 Å². The van der Waals surface area contributed by atoms with Crippen LogP contribution in [0.4, 0.5) is 4.79 Å². The number of hydrogen-bond donors (Lipinski definition) is 0. The molecular weight excluding hydrogens is 428 g/mol. The Bertz CT molecular complexity index is 1030. The highest BCUT2D eigenvalue weighted by Crippen LogP contribution is 2.33. The summed E-state index contributed by atoms with van der Waals surface area (Å²) in [7, 11) is 0. The van der Waals surface area contributed by atoms with Gasteiger partial charge in [-0.1, -0.05) is 59.7 Å². The van der Waals surface area contributed by atoms with Crippen LogP contribution in [0.3, 0.4) is 0 Å². The van der Waals surface area contributed by atoms with Crippen molar-refractivity contribution >= 4 is 12.1 Å². The van der Waals surface area contributed by atoms with Crippen LogP contribution >= 0.6 is 0 Å². The van der Waals surface area contributed by atoms with Crippen LogP contribution in [0, 0.1) is 6.92 Å². The molecule has 34 heavy (non-hydrogen) atoms. The predicted octanol–water partition coefficient (Wildman–Crippen LogP) is 7.44. The van der Waals surface area contributed by atoms with Crippen molar-refractivity contribution in [2.75, 3.05) is 0 Å². The van der Waals surface area contributed by atoms with Crippen molar-refractivity contribution in [1.29, 1.82) is 0 Å². The molecule has 2 aromatic carbocycles. The minimum absolute atomic E-state index is 0.0384. The van der Waals surface area contributed by atoms with Gasteiger partial charge in [-0.05, 0) is 79.8 Å². The Morgan fingerprint density at radius 1 is 0.765 bits per heavy atom. The van der Waals surface area contributed by atoms with E-state index in [4.69, 9.17) is 14.2 Å². The molecule has 0 amide bonds. The van der Waals surface area contributed by atoms with E-state index in [0.717, 1.165) is 16.7 Å². The average molecular weight is 469 g/mol. The third-order valence-corrected chi connectivity index (χ3v) is 5.29. The fourth-order valence-corrected chi connectivity index (χ4v) is 3.74. The van der Waals surface area contributed by atoms with Gasteiger partial charge in [0.1, 0.15) is 17.1 Å². The Morgan fingerprint density at radius 3 is 1.91 bits per heavy atom. The topological polar surface area (TPSA) is 61.8 Å². The van der Waals surface area contributed by atoms with Gasteiger partial charge < -0.3 is 14.2 Å². The van der Waals surface area contributed by atoms with Crippen LogP contribution in [0.5, 0.6) is 11.5 Å². The standard InChI is InChI=1S/C29H40O5/c1-19-17-21(13-14-22(19)27(2,3)4)32-25(30)16-12-20-11-15-24(23(18-20)28(5,6)7)33-26(31)34-29(8,9)10/h11,13-15,17-18H,12,16H2,1-10H3. The zero-order valence-corrected chi connectivity index (χ0v) is 22.4. The number of aryl methyl sites for hydroxylation is 2. The van der Waals surface area contributed by atoms with E-state index < -0.39 is 11.8 Å². The van der Waals surface area contributed by atoms with E-state index in [0.29, 0.717) is 17.9 Å². The van der Waals surface area contributed by atoms with Crippen molar-refractivity contribution in [3.05, 3.63) is 58.7 Å². The number of rotatable bonds is 5. The number of carbonyl (C=O) groups excluding carboxylic acids is 2.